The van der Waals surface area contributed by atoms with E-state index >= 15 is 0 Å². The monoisotopic (exact) mass is 274 g/mol. The number of carbonyl (C=O) groups excluding carboxylic acids is 2. The number of unbranched alkanes of at least 4 members (excludes halogenated alkanes) is 3. The third kappa shape index (κ3) is 12.4. The number of esters is 1. The zero-order valence-corrected chi connectivity index (χ0v) is 10.7. The van der Waals surface area contributed by atoms with Gasteiger partial charge < -0.3 is 9.47 Å². The Balaban J connectivity index is 3.19. The highest BCUT2D eigenvalue weighted by Gasteiger charge is 2.03. The summed E-state index contributed by atoms with van der Waals surface area (Å²) in [6.07, 6.45) is 4.46. The van der Waals surface area contributed by atoms with Crippen molar-refractivity contribution >= 4 is 12.1 Å². The third-order valence-corrected chi connectivity index (χ3v) is 1.90. The van der Waals surface area contributed by atoms with Gasteiger partial charge in [0.1, 0.15) is 0 Å². The fourth-order valence-corrected chi connectivity index (χ4v) is 1.11. The molecule has 0 unspecified atom stereocenters. The largest absolute Gasteiger partial charge is 0.547 e. The average molecular weight is 274 g/mol. The molecule has 7 heteroatoms. The van der Waals surface area contributed by atoms with Crippen molar-refractivity contribution in [3.63, 3.8) is 0 Å². The summed E-state index contributed by atoms with van der Waals surface area (Å²) >= 11 is 0. The predicted octanol–water partition coefficient (Wildman–Crippen LogP) is 2.78. The first-order chi connectivity index (χ1) is 9.20. The van der Waals surface area contributed by atoms with E-state index in [1.807, 2.05) is 0 Å². The van der Waals surface area contributed by atoms with E-state index in [0.717, 1.165) is 31.8 Å². The third-order valence-electron chi connectivity index (χ3n) is 1.90. The minimum absolute atomic E-state index is 0.262. The van der Waals surface area contributed by atoms with Crippen molar-refractivity contribution in [1.82, 2.24) is 0 Å². The molecule has 0 aliphatic carbocycles. The van der Waals surface area contributed by atoms with Crippen molar-refractivity contribution in [1.29, 1.82) is 0 Å². The van der Waals surface area contributed by atoms with Gasteiger partial charge in [-0.05, 0) is 17.9 Å². The second-order valence-corrected chi connectivity index (χ2v) is 3.33. The highest BCUT2D eigenvalue weighted by molar-refractivity contribution is 5.69. The normalized spacial score (nSPS) is 9.47. The minimum Gasteiger partial charge on any atom is -0.435 e. The van der Waals surface area contributed by atoms with Gasteiger partial charge in [0.25, 0.3) is 0 Å². The summed E-state index contributed by atoms with van der Waals surface area (Å²) in [5, 5.41) is 4.12. The van der Waals surface area contributed by atoms with Gasteiger partial charge in [-0.3, -0.25) is 4.79 Å². The van der Waals surface area contributed by atoms with Crippen molar-refractivity contribution in [3.8, 4) is 0 Å². The van der Waals surface area contributed by atoms with E-state index in [4.69, 9.17) is 0 Å². The maximum atomic E-state index is 10.9. The number of carbonyl (C=O) groups is 2. The molecule has 0 fully saturated rings. The molecule has 0 heterocycles. The van der Waals surface area contributed by atoms with Gasteiger partial charge in [0.15, 0.2) is 0 Å². The van der Waals surface area contributed by atoms with Crippen molar-refractivity contribution in [2.24, 2.45) is 0 Å². The van der Waals surface area contributed by atoms with E-state index in [1.54, 1.807) is 0 Å². The Hall–Kier alpha value is -1.86. The molecule has 0 aromatic heterocycles. The Labute approximate surface area is 111 Å². The molecule has 0 aromatic rings. The van der Waals surface area contributed by atoms with Gasteiger partial charge in [0.05, 0.1) is 19.1 Å². The van der Waals surface area contributed by atoms with Crippen LogP contribution in [0.25, 0.3) is 0 Å². The zero-order valence-electron chi connectivity index (χ0n) is 10.7. The van der Waals surface area contributed by atoms with Crippen LogP contribution in [0.5, 0.6) is 0 Å². The standard InChI is InChI=1S/C12H18O7/c1-3-15-11(13)9-7-5-6-8-10-17-19-18-12(14)16-4-2/h3-4H,1-2,5-10H2. The molecule has 0 radical (unpaired) electrons. The molecule has 0 rings (SSSR count). The van der Waals surface area contributed by atoms with Gasteiger partial charge in [-0.25, -0.2) is 9.68 Å². The van der Waals surface area contributed by atoms with Gasteiger partial charge in [-0.2, -0.15) is 4.89 Å². The van der Waals surface area contributed by atoms with Gasteiger partial charge in [0, 0.05) is 6.42 Å². The van der Waals surface area contributed by atoms with Crippen LogP contribution >= 0.6 is 0 Å². The quantitative estimate of drug-likeness (QED) is 0.188. The summed E-state index contributed by atoms with van der Waals surface area (Å²) in [6, 6.07) is 0. The summed E-state index contributed by atoms with van der Waals surface area (Å²) in [5.74, 6) is -0.288. The summed E-state index contributed by atoms with van der Waals surface area (Å²) in [7, 11) is 0. The topological polar surface area (TPSA) is 80.3 Å². The van der Waals surface area contributed by atoms with E-state index in [0.29, 0.717) is 12.8 Å². The van der Waals surface area contributed by atoms with Crippen LogP contribution in [0, 0.1) is 0 Å². The molecular formula is C12H18O7. The number of rotatable bonds is 11. The number of hydrogen-bond donors (Lipinski definition) is 0. The first-order valence-corrected chi connectivity index (χ1v) is 5.78. The van der Waals surface area contributed by atoms with Crippen molar-refractivity contribution in [3.05, 3.63) is 25.7 Å². The molecule has 0 saturated heterocycles. The molecule has 0 N–H and O–H groups in total. The number of hydrogen-bond acceptors (Lipinski definition) is 7. The Morgan fingerprint density at radius 2 is 1.63 bits per heavy atom. The molecule has 0 bridgehead atoms. The first-order valence-electron chi connectivity index (χ1n) is 5.78. The van der Waals surface area contributed by atoms with Crippen LogP contribution in [0.3, 0.4) is 0 Å². The molecule has 19 heavy (non-hydrogen) atoms. The zero-order chi connectivity index (χ0) is 14.3. The van der Waals surface area contributed by atoms with Crippen molar-refractivity contribution in [2.75, 3.05) is 6.61 Å². The van der Waals surface area contributed by atoms with Gasteiger partial charge in [-0.15, -0.1) is 0 Å². The maximum Gasteiger partial charge on any atom is 0.547 e. The molecule has 0 saturated carbocycles. The van der Waals surface area contributed by atoms with Crippen LogP contribution in [-0.4, -0.2) is 18.7 Å². The average Bonchev–Trinajstić information content (AvgIpc) is 2.37. The summed E-state index contributed by atoms with van der Waals surface area (Å²) in [4.78, 5) is 30.1. The summed E-state index contributed by atoms with van der Waals surface area (Å²) in [5.41, 5.74) is 0. The fraction of sp³-hybridized carbons (Fsp3) is 0.500. The number of ether oxygens (including phenoxy) is 2. The molecule has 0 aliphatic rings. The van der Waals surface area contributed by atoms with Crippen LogP contribution in [-0.2, 0) is 29.1 Å². The predicted molar refractivity (Wildman–Crippen MR) is 64.2 cm³/mol. The van der Waals surface area contributed by atoms with Crippen LogP contribution in [0.15, 0.2) is 25.7 Å². The SMILES string of the molecule is C=COC(=O)CCCCCCOOOC(=O)OC=C. The Kier molecular flexibility index (Phi) is 11.4. The molecule has 0 spiro atoms. The highest BCUT2D eigenvalue weighted by atomic mass is 17.5. The van der Waals surface area contributed by atoms with E-state index < -0.39 is 6.16 Å². The summed E-state index contributed by atoms with van der Waals surface area (Å²) < 4.78 is 8.75. The summed E-state index contributed by atoms with van der Waals surface area (Å²) in [6.45, 7) is 6.70. The van der Waals surface area contributed by atoms with Gasteiger partial charge in [-0.1, -0.05) is 26.0 Å². The second kappa shape index (κ2) is 12.6. The molecule has 0 aliphatic heterocycles. The lowest BCUT2D eigenvalue weighted by Gasteiger charge is -2.02. The lowest BCUT2D eigenvalue weighted by Crippen LogP contribution is -2.06. The lowest BCUT2D eigenvalue weighted by molar-refractivity contribution is -0.485. The van der Waals surface area contributed by atoms with E-state index in [9.17, 15) is 9.59 Å². The molecule has 0 amide bonds. The smallest absolute Gasteiger partial charge is 0.435 e. The molecule has 108 valence electrons. The van der Waals surface area contributed by atoms with Crippen LogP contribution in [0.2, 0.25) is 0 Å². The van der Waals surface area contributed by atoms with Gasteiger partial charge >= 0.3 is 12.1 Å². The fourth-order valence-electron chi connectivity index (χ4n) is 1.11. The first kappa shape index (κ1) is 17.1. The van der Waals surface area contributed by atoms with Crippen molar-refractivity contribution in [2.45, 2.75) is 32.1 Å². The van der Waals surface area contributed by atoms with E-state index in [-0.39, 0.29) is 12.6 Å². The Bertz CT molecular complexity index is 260. The van der Waals surface area contributed by atoms with E-state index in [1.165, 1.54) is 0 Å². The van der Waals surface area contributed by atoms with Crippen LogP contribution in [0.1, 0.15) is 32.1 Å². The highest BCUT2D eigenvalue weighted by Crippen LogP contribution is 2.04. The van der Waals surface area contributed by atoms with Crippen LogP contribution < -0.4 is 0 Å². The molecular weight excluding hydrogens is 256 g/mol. The van der Waals surface area contributed by atoms with Gasteiger partial charge in [0.2, 0.25) is 0 Å². The van der Waals surface area contributed by atoms with Crippen LogP contribution in [0.4, 0.5) is 4.79 Å². The lowest BCUT2D eigenvalue weighted by atomic mass is 10.1. The second-order valence-electron chi connectivity index (χ2n) is 3.33. The Morgan fingerprint density at radius 3 is 2.32 bits per heavy atom. The Morgan fingerprint density at radius 1 is 0.947 bits per heavy atom. The molecule has 0 atom stereocenters. The van der Waals surface area contributed by atoms with E-state index in [2.05, 4.69) is 37.4 Å². The molecule has 7 nitrogen and oxygen atoms in total. The minimum atomic E-state index is -1.06. The van der Waals surface area contributed by atoms with Crippen molar-refractivity contribution < 1.29 is 33.9 Å². The molecule has 0 aromatic carbocycles. The maximum absolute atomic E-state index is 10.9.